The van der Waals surface area contributed by atoms with Crippen molar-refractivity contribution in [3.8, 4) is 0 Å². The van der Waals surface area contributed by atoms with E-state index in [4.69, 9.17) is 37.0 Å². The van der Waals surface area contributed by atoms with Crippen molar-refractivity contribution in [1.29, 1.82) is 0 Å². The van der Waals surface area contributed by atoms with Gasteiger partial charge in [0.05, 0.1) is 26.4 Å². The Labute approximate surface area is 607 Å². The molecule has 19 heteroatoms. The Morgan fingerprint density at radius 1 is 0.290 bits per heavy atom. The van der Waals surface area contributed by atoms with E-state index in [-0.39, 0.29) is 25.7 Å². The topological polar surface area (TPSA) is 237 Å². The molecule has 0 amide bonds. The van der Waals surface area contributed by atoms with Crippen LogP contribution in [0.25, 0.3) is 0 Å². The number of phosphoric ester groups is 2. The zero-order chi connectivity index (χ0) is 73.2. The summed E-state index contributed by atoms with van der Waals surface area (Å²) >= 11 is 0. The Kier molecular flexibility index (Phi) is 69.9. The van der Waals surface area contributed by atoms with Crippen molar-refractivity contribution < 1.29 is 80.2 Å². The van der Waals surface area contributed by atoms with Crippen LogP contribution in [-0.4, -0.2) is 96.7 Å². The Hall–Kier alpha value is -4.28. The maximum Gasteiger partial charge on any atom is 0.472 e. The third-order valence-electron chi connectivity index (χ3n) is 16.2. The van der Waals surface area contributed by atoms with E-state index in [1.54, 1.807) is 0 Å². The highest BCUT2D eigenvalue weighted by atomic mass is 31.2. The summed E-state index contributed by atoms with van der Waals surface area (Å²) in [6, 6.07) is 0. The number of carbonyl (C=O) groups excluding carboxylic acids is 4. The molecule has 0 saturated heterocycles. The predicted molar refractivity (Wildman–Crippen MR) is 408 cm³/mol. The molecule has 5 unspecified atom stereocenters. The summed E-state index contributed by atoms with van der Waals surface area (Å²) in [6.07, 6.45) is 77.9. The van der Waals surface area contributed by atoms with Gasteiger partial charge in [-0.3, -0.25) is 37.3 Å². The van der Waals surface area contributed by atoms with Gasteiger partial charge >= 0.3 is 39.5 Å². The zero-order valence-corrected chi connectivity index (χ0v) is 64.6. The van der Waals surface area contributed by atoms with E-state index in [9.17, 15) is 43.2 Å². The van der Waals surface area contributed by atoms with Gasteiger partial charge in [-0.25, -0.2) is 9.13 Å². The number of unbranched alkanes of at least 4 members (excludes halogenated alkanes) is 29. The van der Waals surface area contributed by atoms with Gasteiger partial charge in [0, 0.05) is 25.7 Å². The molecule has 576 valence electrons. The molecule has 0 saturated carbocycles. The molecule has 0 aliphatic heterocycles. The van der Waals surface area contributed by atoms with Gasteiger partial charge in [0.15, 0.2) is 12.2 Å². The Morgan fingerprint density at radius 3 is 0.860 bits per heavy atom. The fraction of sp³-hybridized carbons (Fsp3) is 0.728. The van der Waals surface area contributed by atoms with Crippen LogP contribution in [0.15, 0.2) is 109 Å². The van der Waals surface area contributed by atoms with E-state index in [1.807, 2.05) is 0 Å². The first-order chi connectivity index (χ1) is 48.7. The van der Waals surface area contributed by atoms with Gasteiger partial charge in [0.2, 0.25) is 0 Å². The molecule has 0 bridgehead atoms. The molecule has 0 aromatic carbocycles. The van der Waals surface area contributed by atoms with Crippen molar-refractivity contribution in [3.05, 3.63) is 109 Å². The summed E-state index contributed by atoms with van der Waals surface area (Å²) < 4.78 is 68.5. The minimum atomic E-state index is -4.98. The number of esters is 4. The third-order valence-corrected chi connectivity index (χ3v) is 18.1. The van der Waals surface area contributed by atoms with Crippen LogP contribution < -0.4 is 0 Å². The zero-order valence-electron chi connectivity index (χ0n) is 62.8. The van der Waals surface area contributed by atoms with E-state index in [2.05, 4.69) is 137 Å². The largest absolute Gasteiger partial charge is 0.472 e. The van der Waals surface area contributed by atoms with Crippen LogP contribution >= 0.6 is 15.6 Å². The lowest BCUT2D eigenvalue weighted by atomic mass is 10.1. The summed E-state index contributed by atoms with van der Waals surface area (Å²) in [4.78, 5) is 72.9. The van der Waals surface area contributed by atoms with Crippen molar-refractivity contribution in [2.75, 3.05) is 39.6 Å². The molecular weight excluding hydrogens is 1310 g/mol. The molecule has 17 nitrogen and oxygen atoms in total. The predicted octanol–water partition coefficient (Wildman–Crippen LogP) is 22.6. The lowest BCUT2D eigenvalue weighted by molar-refractivity contribution is -0.161. The van der Waals surface area contributed by atoms with Gasteiger partial charge in [0.25, 0.3) is 0 Å². The standard InChI is InChI=1S/C81H140O17P2/c1-5-9-13-17-21-25-29-32-34-36-37-39-41-44-47-50-54-58-62-66-79(84)92-72-77(98-81(86)68-64-60-56-52-48-42-31-27-23-19-15-11-7-3)74-96-100(89,90)94-70-75(82)69-93-99(87,88)95-73-76(97-80(85)67-63-59-55-51-45-28-24-20-16-12-8-4)71-91-78(83)65-61-57-53-49-46-43-40-38-35-33-30-26-22-18-14-10-6-2/h10,14,20-22,24-27,31-35,37,39-40,43,75-77,82H,5-9,11-13,15-19,23,28-30,36,38,41-42,44-74H2,1-4H3,(H,87,88)(H,89,90)/b14-10-,24-20-,25-21-,26-22-,31-27-,34-32-,35-33-,39-37-,43-40-. The lowest BCUT2D eigenvalue weighted by Crippen LogP contribution is -2.30. The number of phosphoric acid groups is 2. The normalized spacial score (nSPS) is 14.5. The summed E-state index contributed by atoms with van der Waals surface area (Å²) in [7, 11) is -9.96. The molecule has 0 aliphatic rings. The van der Waals surface area contributed by atoms with Gasteiger partial charge in [-0.15, -0.1) is 0 Å². The molecule has 0 radical (unpaired) electrons. The smallest absolute Gasteiger partial charge is 0.462 e. The number of rotatable bonds is 73. The van der Waals surface area contributed by atoms with E-state index < -0.39 is 97.5 Å². The number of hydrogen-bond acceptors (Lipinski definition) is 15. The summed E-state index contributed by atoms with van der Waals surface area (Å²) in [5.41, 5.74) is 0. The minimum absolute atomic E-state index is 0.0775. The average molecular weight is 1450 g/mol. The third kappa shape index (κ3) is 72.1. The molecule has 100 heavy (non-hydrogen) atoms. The van der Waals surface area contributed by atoms with Gasteiger partial charge < -0.3 is 33.8 Å². The maximum absolute atomic E-state index is 13.1. The van der Waals surface area contributed by atoms with Crippen LogP contribution in [0.1, 0.15) is 323 Å². The number of allylic oxidation sites excluding steroid dienone is 18. The molecule has 0 fully saturated rings. The van der Waals surface area contributed by atoms with Crippen molar-refractivity contribution >= 4 is 39.5 Å². The van der Waals surface area contributed by atoms with Crippen molar-refractivity contribution in [2.45, 2.75) is 341 Å². The number of hydrogen-bond donors (Lipinski definition) is 3. The molecule has 0 aromatic rings. The number of aliphatic hydroxyl groups is 1. The average Bonchev–Trinajstić information content (AvgIpc) is 0.937. The van der Waals surface area contributed by atoms with E-state index >= 15 is 0 Å². The quantitative estimate of drug-likeness (QED) is 0.0169. The highest BCUT2D eigenvalue weighted by Crippen LogP contribution is 2.45. The van der Waals surface area contributed by atoms with E-state index in [1.165, 1.54) is 57.8 Å². The monoisotopic (exact) mass is 1450 g/mol. The molecule has 0 aromatic heterocycles. The van der Waals surface area contributed by atoms with Gasteiger partial charge in [-0.1, -0.05) is 259 Å². The van der Waals surface area contributed by atoms with Crippen LogP contribution in [0.5, 0.6) is 0 Å². The maximum atomic E-state index is 13.1. The molecule has 3 N–H and O–H groups in total. The second-order valence-electron chi connectivity index (χ2n) is 25.9. The lowest BCUT2D eigenvalue weighted by Gasteiger charge is -2.21. The minimum Gasteiger partial charge on any atom is -0.462 e. The van der Waals surface area contributed by atoms with Crippen molar-refractivity contribution in [2.24, 2.45) is 0 Å². The first-order valence-corrected chi connectivity index (χ1v) is 42.1. The molecular formula is C81H140O17P2. The van der Waals surface area contributed by atoms with Crippen LogP contribution in [0, 0.1) is 0 Å². The molecule has 0 heterocycles. The second-order valence-corrected chi connectivity index (χ2v) is 28.8. The fourth-order valence-electron chi connectivity index (χ4n) is 10.2. The van der Waals surface area contributed by atoms with Crippen LogP contribution in [0.3, 0.4) is 0 Å². The summed E-state index contributed by atoms with van der Waals surface area (Å²) in [6.45, 7) is 4.63. The number of carbonyl (C=O) groups is 4. The highest BCUT2D eigenvalue weighted by molar-refractivity contribution is 7.47. The fourth-order valence-corrected chi connectivity index (χ4v) is 11.8. The number of ether oxygens (including phenoxy) is 4. The van der Waals surface area contributed by atoms with E-state index in [0.717, 1.165) is 186 Å². The first kappa shape index (κ1) is 95.7. The molecule has 0 rings (SSSR count). The van der Waals surface area contributed by atoms with Crippen LogP contribution in [0.4, 0.5) is 0 Å². The summed E-state index contributed by atoms with van der Waals surface area (Å²) in [5, 5.41) is 10.6. The van der Waals surface area contributed by atoms with Gasteiger partial charge in [-0.2, -0.15) is 0 Å². The van der Waals surface area contributed by atoms with E-state index in [0.29, 0.717) is 25.7 Å². The van der Waals surface area contributed by atoms with Gasteiger partial charge in [0.1, 0.15) is 19.3 Å². The van der Waals surface area contributed by atoms with Crippen LogP contribution in [0.2, 0.25) is 0 Å². The number of aliphatic hydroxyl groups excluding tert-OH is 1. The SMILES string of the molecule is CC/C=C\C/C=C\C/C=C\C/C=C\CCCCCCC(=O)OCC(COP(=O)(O)OCC(O)COP(=O)(O)OCC(COC(=O)CCCCCCCC/C=C\C/C=C\C/C=C\CCCCC)OC(=O)CCCCCCC/C=C\CCCCCC)OC(=O)CCCCCCC/C=C\CCCC. The Morgan fingerprint density at radius 2 is 0.530 bits per heavy atom. The molecule has 5 atom stereocenters. The Balaban J connectivity index is 5.33. The first-order valence-electron chi connectivity index (χ1n) is 39.1. The Bertz CT molecular complexity index is 2320. The van der Waals surface area contributed by atoms with Crippen molar-refractivity contribution in [1.82, 2.24) is 0 Å². The molecule has 0 spiro atoms. The van der Waals surface area contributed by atoms with Gasteiger partial charge in [-0.05, 0) is 148 Å². The highest BCUT2D eigenvalue weighted by Gasteiger charge is 2.30. The second kappa shape index (κ2) is 73.0. The van der Waals surface area contributed by atoms with Crippen molar-refractivity contribution in [3.63, 3.8) is 0 Å². The van der Waals surface area contributed by atoms with Crippen LogP contribution in [-0.2, 0) is 65.4 Å². The molecule has 0 aliphatic carbocycles. The summed E-state index contributed by atoms with van der Waals surface area (Å²) in [5.74, 6) is -2.23.